The molecular weight excluding hydrogens is 198 g/mol. The van der Waals surface area contributed by atoms with Crippen molar-refractivity contribution >= 4 is 15.7 Å². The molecule has 0 radical (unpaired) electrons. The van der Waals surface area contributed by atoms with Gasteiger partial charge in [-0.25, -0.2) is 8.42 Å². The highest BCUT2D eigenvalue weighted by atomic mass is 32.2. The van der Waals surface area contributed by atoms with Crippen molar-refractivity contribution in [1.29, 1.82) is 0 Å². The quantitative estimate of drug-likeness (QED) is 0.835. The molecule has 0 aliphatic heterocycles. The molecule has 14 heavy (non-hydrogen) atoms. The molecule has 3 nitrogen and oxygen atoms in total. The average molecular weight is 213 g/mol. The minimum absolute atomic E-state index is 0.0980. The SMILES string of the molecule is CCS(=O)(=O)Nc1c(C)cccc1C. The molecule has 1 aromatic carbocycles. The highest BCUT2D eigenvalue weighted by Gasteiger charge is 2.09. The number of benzene rings is 1. The monoisotopic (exact) mass is 213 g/mol. The maximum absolute atomic E-state index is 11.4. The van der Waals surface area contributed by atoms with Crippen molar-refractivity contribution in [2.45, 2.75) is 20.8 Å². The summed E-state index contributed by atoms with van der Waals surface area (Å²) in [6.45, 7) is 5.40. The molecule has 0 amide bonds. The predicted octanol–water partition coefficient (Wildman–Crippen LogP) is 2.07. The molecule has 1 rings (SSSR count). The Bertz CT molecular complexity index is 403. The molecule has 4 heteroatoms. The summed E-state index contributed by atoms with van der Waals surface area (Å²) in [4.78, 5) is 0. The fraction of sp³-hybridized carbons (Fsp3) is 0.400. The van der Waals surface area contributed by atoms with Crippen LogP contribution in [-0.4, -0.2) is 14.2 Å². The summed E-state index contributed by atoms with van der Waals surface area (Å²) >= 11 is 0. The molecule has 0 heterocycles. The second kappa shape index (κ2) is 4.00. The summed E-state index contributed by atoms with van der Waals surface area (Å²) in [6, 6.07) is 5.69. The Morgan fingerprint density at radius 3 is 2.14 bits per heavy atom. The zero-order valence-electron chi connectivity index (χ0n) is 8.66. The molecule has 0 saturated carbocycles. The minimum atomic E-state index is -3.17. The highest BCUT2D eigenvalue weighted by molar-refractivity contribution is 7.92. The molecule has 0 atom stereocenters. The number of anilines is 1. The van der Waals surface area contributed by atoms with Crippen LogP contribution >= 0.6 is 0 Å². The van der Waals surface area contributed by atoms with Gasteiger partial charge in [0.15, 0.2) is 0 Å². The summed E-state index contributed by atoms with van der Waals surface area (Å²) in [5, 5.41) is 0. The smallest absolute Gasteiger partial charge is 0.232 e. The lowest BCUT2D eigenvalue weighted by atomic mass is 10.1. The van der Waals surface area contributed by atoms with Crippen LogP contribution in [0.3, 0.4) is 0 Å². The Labute approximate surface area is 85.2 Å². The summed E-state index contributed by atoms with van der Waals surface area (Å²) < 4.78 is 25.3. The molecule has 1 aromatic rings. The zero-order valence-corrected chi connectivity index (χ0v) is 9.48. The standard InChI is InChI=1S/C10H15NO2S/c1-4-14(12,13)11-10-8(2)6-5-7-9(10)3/h5-7,11H,4H2,1-3H3. The molecule has 0 aliphatic carbocycles. The van der Waals surface area contributed by atoms with Gasteiger partial charge in [-0.05, 0) is 31.9 Å². The van der Waals surface area contributed by atoms with Gasteiger partial charge < -0.3 is 0 Å². The van der Waals surface area contributed by atoms with E-state index in [1.165, 1.54) is 0 Å². The van der Waals surface area contributed by atoms with E-state index in [1.807, 2.05) is 32.0 Å². The van der Waals surface area contributed by atoms with E-state index >= 15 is 0 Å². The maximum Gasteiger partial charge on any atom is 0.232 e. The van der Waals surface area contributed by atoms with Gasteiger partial charge in [0.25, 0.3) is 0 Å². The van der Waals surface area contributed by atoms with Gasteiger partial charge in [0.05, 0.1) is 11.4 Å². The first-order chi connectivity index (χ1) is 6.46. The van der Waals surface area contributed by atoms with Crippen LogP contribution in [0, 0.1) is 13.8 Å². The number of para-hydroxylation sites is 1. The molecule has 0 spiro atoms. The van der Waals surface area contributed by atoms with Crippen LogP contribution in [0.25, 0.3) is 0 Å². The van der Waals surface area contributed by atoms with E-state index in [9.17, 15) is 8.42 Å². The van der Waals surface area contributed by atoms with Crippen molar-refractivity contribution < 1.29 is 8.42 Å². The van der Waals surface area contributed by atoms with Crippen molar-refractivity contribution in [1.82, 2.24) is 0 Å². The van der Waals surface area contributed by atoms with Gasteiger partial charge in [0.1, 0.15) is 0 Å². The second-order valence-corrected chi connectivity index (χ2v) is 5.28. The van der Waals surface area contributed by atoms with Crippen molar-refractivity contribution in [2.75, 3.05) is 10.5 Å². The lowest BCUT2D eigenvalue weighted by molar-refractivity contribution is 0.602. The van der Waals surface area contributed by atoms with E-state index in [1.54, 1.807) is 6.92 Å². The van der Waals surface area contributed by atoms with E-state index in [4.69, 9.17) is 0 Å². The first-order valence-electron chi connectivity index (χ1n) is 4.53. The Kier molecular flexibility index (Phi) is 3.16. The van der Waals surface area contributed by atoms with Gasteiger partial charge in [-0.2, -0.15) is 0 Å². The first kappa shape index (κ1) is 11.0. The third-order valence-corrected chi connectivity index (χ3v) is 3.39. The van der Waals surface area contributed by atoms with Crippen LogP contribution in [0.15, 0.2) is 18.2 Å². The highest BCUT2D eigenvalue weighted by Crippen LogP contribution is 2.20. The normalized spacial score (nSPS) is 11.4. The fourth-order valence-corrected chi connectivity index (χ4v) is 1.98. The molecule has 1 N–H and O–H groups in total. The maximum atomic E-state index is 11.4. The van der Waals surface area contributed by atoms with Gasteiger partial charge >= 0.3 is 0 Å². The number of hydrogen-bond acceptors (Lipinski definition) is 2. The fourth-order valence-electron chi connectivity index (χ4n) is 1.20. The molecule has 0 fully saturated rings. The second-order valence-electron chi connectivity index (χ2n) is 3.27. The van der Waals surface area contributed by atoms with E-state index in [0.29, 0.717) is 5.69 Å². The third kappa shape index (κ3) is 2.48. The van der Waals surface area contributed by atoms with Crippen molar-refractivity contribution in [3.8, 4) is 0 Å². The molecule has 0 aliphatic rings. The molecule has 0 aromatic heterocycles. The van der Waals surface area contributed by atoms with Crippen molar-refractivity contribution in [2.24, 2.45) is 0 Å². The number of rotatable bonds is 3. The Balaban J connectivity index is 3.09. The minimum Gasteiger partial charge on any atom is -0.283 e. The average Bonchev–Trinajstić information content (AvgIpc) is 2.12. The summed E-state index contributed by atoms with van der Waals surface area (Å²) in [5.74, 6) is 0.0980. The summed E-state index contributed by atoms with van der Waals surface area (Å²) in [5.41, 5.74) is 2.60. The van der Waals surface area contributed by atoms with Crippen molar-refractivity contribution in [3.63, 3.8) is 0 Å². The van der Waals surface area contributed by atoms with Crippen LogP contribution in [0.1, 0.15) is 18.1 Å². The first-order valence-corrected chi connectivity index (χ1v) is 6.18. The Hall–Kier alpha value is -1.03. The van der Waals surface area contributed by atoms with Gasteiger partial charge in [-0.15, -0.1) is 0 Å². The number of sulfonamides is 1. The zero-order chi connectivity index (χ0) is 10.8. The predicted molar refractivity (Wildman–Crippen MR) is 59.0 cm³/mol. The van der Waals surface area contributed by atoms with Crippen LogP contribution in [0.5, 0.6) is 0 Å². The Morgan fingerprint density at radius 1 is 1.21 bits per heavy atom. The van der Waals surface area contributed by atoms with Crippen LogP contribution in [-0.2, 0) is 10.0 Å². The van der Waals surface area contributed by atoms with Gasteiger partial charge in [0, 0.05) is 0 Å². The largest absolute Gasteiger partial charge is 0.283 e. The number of nitrogens with one attached hydrogen (secondary N) is 1. The number of hydrogen-bond donors (Lipinski definition) is 1. The topological polar surface area (TPSA) is 46.2 Å². The van der Waals surface area contributed by atoms with Gasteiger partial charge in [0.2, 0.25) is 10.0 Å². The number of aryl methyl sites for hydroxylation is 2. The summed E-state index contributed by atoms with van der Waals surface area (Å²) in [6.07, 6.45) is 0. The lowest BCUT2D eigenvalue weighted by Crippen LogP contribution is -2.16. The van der Waals surface area contributed by atoms with E-state index < -0.39 is 10.0 Å². The Morgan fingerprint density at radius 2 is 1.71 bits per heavy atom. The van der Waals surface area contributed by atoms with Gasteiger partial charge in [-0.3, -0.25) is 4.72 Å². The lowest BCUT2D eigenvalue weighted by Gasteiger charge is -2.11. The van der Waals surface area contributed by atoms with E-state index in [0.717, 1.165) is 11.1 Å². The molecule has 0 saturated heterocycles. The summed E-state index contributed by atoms with van der Waals surface area (Å²) in [7, 11) is -3.17. The van der Waals surface area contributed by atoms with Crippen molar-refractivity contribution in [3.05, 3.63) is 29.3 Å². The van der Waals surface area contributed by atoms with Crippen LogP contribution in [0.4, 0.5) is 5.69 Å². The molecular formula is C10H15NO2S. The third-order valence-electron chi connectivity index (χ3n) is 2.12. The van der Waals surface area contributed by atoms with Gasteiger partial charge in [-0.1, -0.05) is 18.2 Å². The van der Waals surface area contributed by atoms with E-state index in [2.05, 4.69) is 4.72 Å². The molecule has 78 valence electrons. The van der Waals surface area contributed by atoms with Crippen LogP contribution in [0.2, 0.25) is 0 Å². The molecule has 0 unspecified atom stereocenters. The van der Waals surface area contributed by atoms with Crippen LogP contribution < -0.4 is 4.72 Å². The molecule has 0 bridgehead atoms. The van der Waals surface area contributed by atoms with E-state index in [-0.39, 0.29) is 5.75 Å².